The molecule has 18 nitrogen and oxygen atoms in total. The number of likely N-dealkylation sites (tertiary alicyclic amines) is 1. The van der Waals surface area contributed by atoms with E-state index in [1.54, 1.807) is 11.3 Å². The van der Waals surface area contributed by atoms with Gasteiger partial charge in [0.2, 0.25) is 17.7 Å². The molecule has 3 aliphatic rings. The molecule has 0 aliphatic carbocycles. The minimum atomic E-state index is -0.964. The van der Waals surface area contributed by atoms with E-state index >= 15 is 0 Å². The molecule has 1 unspecified atom stereocenters. The van der Waals surface area contributed by atoms with E-state index in [1.165, 1.54) is 4.90 Å². The van der Waals surface area contributed by atoms with E-state index in [9.17, 15) is 29.1 Å². The van der Waals surface area contributed by atoms with Gasteiger partial charge in [0.05, 0.1) is 41.4 Å². The molecule has 442 valence electrons. The van der Waals surface area contributed by atoms with Crippen molar-refractivity contribution >= 4 is 46.3 Å². The van der Waals surface area contributed by atoms with E-state index in [-0.39, 0.29) is 56.1 Å². The average molecular weight is 1140 g/mol. The van der Waals surface area contributed by atoms with Gasteiger partial charge < -0.3 is 55.0 Å². The van der Waals surface area contributed by atoms with Gasteiger partial charge in [-0.25, -0.2) is 4.98 Å². The van der Waals surface area contributed by atoms with Crippen LogP contribution in [0.25, 0.3) is 21.6 Å². The fourth-order valence-electron chi connectivity index (χ4n) is 11.5. The Morgan fingerprint density at radius 3 is 2.24 bits per heavy atom. The third-order valence-electron chi connectivity index (χ3n) is 16.2. The number of hydrogen-bond donors (Lipinski definition) is 5. The first-order valence-electron chi connectivity index (χ1n) is 29.1. The molecular formula is C63H85N9O9S. The second kappa shape index (κ2) is 28.2. The Morgan fingerprint density at radius 1 is 0.890 bits per heavy atom. The van der Waals surface area contributed by atoms with Crippen molar-refractivity contribution in [2.45, 2.75) is 125 Å². The number of nitrogens with zero attached hydrogens (tertiary/aromatic N) is 5. The highest BCUT2D eigenvalue weighted by molar-refractivity contribution is 7.13. The molecule has 5 heterocycles. The highest BCUT2D eigenvalue weighted by Crippen LogP contribution is 2.36. The second-order valence-electron chi connectivity index (χ2n) is 23.2. The Balaban J connectivity index is 0.760. The largest absolute Gasteiger partial charge is 0.391 e. The molecule has 0 radical (unpaired) electrons. The Morgan fingerprint density at radius 2 is 1.59 bits per heavy atom. The minimum absolute atomic E-state index is 0.0160. The summed E-state index contributed by atoms with van der Waals surface area (Å²) in [6.07, 6.45) is 1.90. The van der Waals surface area contributed by atoms with E-state index in [1.807, 2.05) is 97.3 Å². The number of thiazole rings is 1. The van der Waals surface area contributed by atoms with Crippen LogP contribution in [-0.4, -0.2) is 158 Å². The van der Waals surface area contributed by atoms with Crippen LogP contribution >= 0.6 is 11.3 Å². The summed E-state index contributed by atoms with van der Waals surface area (Å²) in [6, 6.07) is 20.8. The summed E-state index contributed by atoms with van der Waals surface area (Å²) in [6.45, 7) is 25.0. The molecule has 3 fully saturated rings. The van der Waals surface area contributed by atoms with Crippen molar-refractivity contribution < 1.29 is 38.5 Å². The van der Waals surface area contributed by atoms with Gasteiger partial charge in [-0.3, -0.25) is 28.9 Å². The van der Waals surface area contributed by atoms with Crippen LogP contribution in [0, 0.1) is 33.1 Å². The molecule has 0 spiro atoms. The number of nitrogens with one attached hydrogen (secondary N) is 4. The van der Waals surface area contributed by atoms with Gasteiger partial charge in [-0.15, -0.1) is 11.3 Å². The third-order valence-corrected chi connectivity index (χ3v) is 17.2. The zero-order valence-electron chi connectivity index (χ0n) is 49.4. The van der Waals surface area contributed by atoms with Crippen molar-refractivity contribution in [2.75, 3.05) is 95.3 Å². The van der Waals surface area contributed by atoms with Gasteiger partial charge in [-0.2, -0.15) is 0 Å². The van der Waals surface area contributed by atoms with Gasteiger partial charge in [0.25, 0.3) is 11.5 Å². The van der Waals surface area contributed by atoms with Crippen molar-refractivity contribution in [1.82, 2.24) is 35.7 Å². The van der Waals surface area contributed by atoms with Crippen LogP contribution in [0.3, 0.4) is 0 Å². The number of amides is 4. The van der Waals surface area contributed by atoms with Crippen LogP contribution in [0.15, 0.2) is 77.0 Å². The Kier molecular flexibility index (Phi) is 21.2. The SMILES string of the molecule is CCN(c1cc(-c2ccc(N3CCN(CCCOCCOCC(=O)NC(C(=O)N4C[C@H](O)C[C@H]4C(=O)N[C@@H](C)c4ccc(-c5scnc5C)cc4)C(C)(C)C)CC3)cc2)cc(C(=O)NCc2c(C)cc(C)[nH]c2=O)c1C)C1CCOCC1. The Bertz CT molecular complexity index is 3030. The monoisotopic (exact) mass is 1140 g/mol. The van der Waals surface area contributed by atoms with Gasteiger partial charge in [0.1, 0.15) is 18.7 Å². The number of β-amino-alcohol motifs (C(OH)–C–C–N with tert-alkyl or cyclic N) is 1. The van der Waals surface area contributed by atoms with E-state index in [0.29, 0.717) is 43.6 Å². The number of ether oxygens (including phenoxy) is 3. The topological polar surface area (TPSA) is 211 Å². The van der Waals surface area contributed by atoms with Gasteiger partial charge >= 0.3 is 0 Å². The molecule has 4 amide bonds. The summed E-state index contributed by atoms with van der Waals surface area (Å²) >= 11 is 1.58. The summed E-state index contributed by atoms with van der Waals surface area (Å²) in [4.78, 5) is 84.9. The zero-order valence-corrected chi connectivity index (χ0v) is 50.2. The molecule has 8 rings (SSSR count). The number of carbonyl (C=O) groups is 4. The minimum Gasteiger partial charge on any atom is -0.391 e. The fourth-order valence-corrected chi connectivity index (χ4v) is 12.3. The quantitative estimate of drug-likeness (QED) is 0.0409. The lowest BCUT2D eigenvalue weighted by molar-refractivity contribution is -0.144. The van der Waals surface area contributed by atoms with Crippen molar-refractivity contribution in [2.24, 2.45) is 5.41 Å². The van der Waals surface area contributed by atoms with Gasteiger partial charge in [-0.1, -0.05) is 57.2 Å². The number of aromatic amines is 1. The molecule has 0 saturated carbocycles. The van der Waals surface area contributed by atoms with Crippen LogP contribution in [-0.2, 0) is 35.1 Å². The number of aryl methyl sites for hydroxylation is 3. The first-order valence-corrected chi connectivity index (χ1v) is 30.0. The van der Waals surface area contributed by atoms with E-state index in [2.05, 4.69) is 77.9 Å². The Hall–Kier alpha value is -6.48. The normalized spacial score (nSPS) is 17.8. The van der Waals surface area contributed by atoms with Crippen molar-refractivity contribution in [3.63, 3.8) is 0 Å². The number of hydrogen-bond acceptors (Lipinski definition) is 14. The first-order chi connectivity index (χ1) is 39.3. The molecular weight excluding hydrogens is 1060 g/mol. The lowest BCUT2D eigenvalue weighted by Gasteiger charge is -2.37. The predicted octanol–water partition coefficient (Wildman–Crippen LogP) is 7.25. The maximum absolute atomic E-state index is 14.1. The number of anilines is 2. The Labute approximate surface area is 487 Å². The first kappa shape index (κ1) is 61.6. The predicted molar refractivity (Wildman–Crippen MR) is 322 cm³/mol. The molecule has 82 heavy (non-hydrogen) atoms. The zero-order chi connectivity index (χ0) is 58.7. The molecule has 2 aromatic heterocycles. The number of H-pyrrole nitrogens is 1. The summed E-state index contributed by atoms with van der Waals surface area (Å²) in [5, 5.41) is 19.6. The highest BCUT2D eigenvalue weighted by Gasteiger charge is 2.45. The molecule has 0 bridgehead atoms. The van der Waals surface area contributed by atoms with Crippen LogP contribution < -0.4 is 31.3 Å². The summed E-state index contributed by atoms with van der Waals surface area (Å²) in [7, 11) is 0. The smallest absolute Gasteiger partial charge is 0.253 e. The molecule has 3 aromatic carbocycles. The van der Waals surface area contributed by atoms with Crippen LogP contribution in [0.4, 0.5) is 11.4 Å². The van der Waals surface area contributed by atoms with Crippen LogP contribution in [0.2, 0.25) is 0 Å². The van der Waals surface area contributed by atoms with Crippen molar-refractivity contribution in [1.29, 1.82) is 0 Å². The molecule has 3 aliphatic heterocycles. The number of aromatic nitrogens is 2. The van der Waals surface area contributed by atoms with Gasteiger partial charge in [0.15, 0.2) is 0 Å². The number of piperazine rings is 1. The lowest BCUT2D eigenvalue weighted by atomic mass is 9.85. The average Bonchev–Trinajstić information content (AvgIpc) is 4.19. The standard InChI is InChI=1S/C63H85N9O9S/c1-10-71(50-20-28-80-29-21-50)54-34-48(33-52(42(54)4)59(75)64-36-53-40(2)32-41(3)66-60(53)76)46-16-18-49(19-17-46)70-25-23-69(24-26-70)22-11-27-79-30-31-81-38-56(74)68-58(63(7,8)9)62(78)72-37-51(73)35-55(72)61(77)67-43(5)45-12-14-47(15-13-45)57-44(6)65-39-82-57/h12-19,32-34,39,43,50-51,55,58,73H,10-11,20-31,35-38H2,1-9H3,(H,64,75)(H,66,76)(H,67,77)(H,68,74)/t43-,51+,55-,58?/m0/s1. The molecule has 19 heteroatoms. The van der Waals surface area contributed by atoms with E-state index in [4.69, 9.17) is 14.2 Å². The third kappa shape index (κ3) is 15.6. The van der Waals surface area contributed by atoms with Crippen LogP contribution in [0.1, 0.15) is 110 Å². The summed E-state index contributed by atoms with van der Waals surface area (Å²) < 4.78 is 17.3. The molecule has 5 N–H and O–H groups in total. The molecule has 5 aromatic rings. The fraction of sp³-hybridized carbons (Fsp3) is 0.524. The lowest BCUT2D eigenvalue weighted by Crippen LogP contribution is -2.58. The number of rotatable bonds is 23. The van der Waals surface area contributed by atoms with Crippen molar-refractivity contribution in [3.05, 3.63) is 122 Å². The second-order valence-corrected chi connectivity index (χ2v) is 24.1. The summed E-state index contributed by atoms with van der Waals surface area (Å²) in [5.74, 6) is -1.47. The van der Waals surface area contributed by atoms with Crippen molar-refractivity contribution in [3.8, 4) is 21.6 Å². The number of pyridine rings is 1. The maximum atomic E-state index is 14.1. The van der Waals surface area contributed by atoms with Gasteiger partial charge in [0, 0.05) is 113 Å². The molecule has 4 atom stereocenters. The summed E-state index contributed by atoms with van der Waals surface area (Å²) in [5.41, 5.74) is 11.7. The number of aliphatic hydroxyl groups is 1. The van der Waals surface area contributed by atoms with Crippen LogP contribution in [0.5, 0.6) is 0 Å². The van der Waals surface area contributed by atoms with E-state index in [0.717, 1.165) is 120 Å². The maximum Gasteiger partial charge on any atom is 0.253 e. The number of carbonyl (C=O) groups excluding carboxylic acids is 4. The molecule has 3 saturated heterocycles. The highest BCUT2D eigenvalue weighted by atomic mass is 32.1. The van der Waals surface area contributed by atoms with E-state index < -0.39 is 35.4 Å². The number of benzene rings is 3. The number of aliphatic hydroxyl groups excluding tert-OH is 1. The van der Waals surface area contributed by atoms with Gasteiger partial charge in [-0.05, 0) is 130 Å².